The van der Waals surface area contributed by atoms with Crippen LogP contribution in [0.25, 0.3) is 10.6 Å². The normalized spacial score (nSPS) is 20.7. The molecule has 22 heavy (non-hydrogen) atoms. The Bertz CT molecular complexity index is 682. The van der Waals surface area contributed by atoms with Crippen molar-refractivity contribution in [2.24, 2.45) is 5.92 Å². The maximum Gasteiger partial charge on any atom is 0.229 e. The van der Waals surface area contributed by atoms with E-state index in [0.717, 1.165) is 0 Å². The Morgan fingerprint density at radius 1 is 1.36 bits per heavy atom. The van der Waals surface area contributed by atoms with Crippen molar-refractivity contribution in [1.29, 1.82) is 0 Å². The zero-order chi connectivity index (χ0) is 15.7. The molecular weight excluding hydrogens is 329 g/mol. The topological polar surface area (TPSA) is 95.3 Å². The summed E-state index contributed by atoms with van der Waals surface area (Å²) in [7, 11) is 0. The summed E-state index contributed by atoms with van der Waals surface area (Å²) >= 11 is 2.51. The number of amides is 1. The minimum absolute atomic E-state index is 0.197. The fraction of sp³-hybridized carbons (Fsp3) is 0.462. The van der Waals surface area contributed by atoms with Crippen LogP contribution in [0.5, 0.6) is 0 Å². The highest BCUT2D eigenvalue weighted by Gasteiger charge is 2.34. The molecule has 2 aromatic heterocycles. The van der Waals surface area contributed by atoms with E-state index in [-0.39, 0.29) is 37.9 Å². The van der Waals surface area contributed by atoms with Gasteiger partial charge in [0, 0.05) is 11.3 Å². The van der Waals surface area contributed by atoms with E-state index in [9.17, 15) is 14.3 Å². The van der Waals surface area contributed by atoms with Crippen LogP contribution >= 0.6 is 22.7 Å². The lowest BCUT2D eigenvalue weighted by molar-refractivity contribution is -0.124. The smallest absolute Gasteiger partial charge is 0.229 e. The van der Waals surface area contributed by atoms with E-state index < -0.39 is 6.17 Å². The van der Waals surface area contributed by atoms with Gasteiger partial charge in [0.2, 0.25) is 5.91 Å². The average Bonchev–Trinajstić information content (AvgIpc) is 3.09. The molecule has 6 nitrogen and oxygen atoms in total. The molecule has 9 heteroatoms. The average molecular weight is 343 g/mol. The zero-order valence-corrected chi connectivity index (χ0v) is 13.1. The second-order valence-corrected chi connectivity index (χ2v) is 6.93. The van der Waals surface area contributed by atoms with Gasteiger partial charge in [-0.25, -0.2) is 14.4 Å². The van der Waals surface area contributed by atoms with Crippen LogP contribution < -0.4 is 5.32 Å². The Labute approximate surface area is 133 Å². The number of alkyl halides is 1. The van der Waals surface area contributed by atoms with E-state index in [4.69, 9.17) is 5.11 Å². The summed E-state index contributed by atoms with van der Waals surface area (Å²) in [6, 6.07) is 0. The third kappa shape index (κ3) is 3.02. The van der Waals surface area contributed by atoms with Crippen molar-refractivity contribution < 1.29 is 19.4 Å². The molecule has 0 aromatic carbocycles. The molecule has 1 amide bonds. The van der Waals surface area contributed by atoms with Crippen LogP contribution in [0.3, 0.4) is 0 Å². The number of hydrogen-bond acceptors (Lipinski definition) is 7. The van der Waals surface area contributed by atoms with Crippen molar-refractivity contribution in [3.8, 4) is 10.6 Å². The summed E-state index contributed by atoms with van der Waals surface area (Å²) in [6.07, 6.45) is -0.329. The number of halogens is 1. The van der Waals surface area contributed by atoms with Gasteiger partial charge in [-0.05, 0) is 12.8 Å². The summed E-state index contributed by atoms with van der Waals surface area (Å²) in [5.74, 6) is -0.489. The molecule has 2 aromatic rings. The molecule has 1 fully saturated rings. The number of aromatic nitrogens is 2. The number of thiazole rings is 2. The van der Waals surface area contributed by atoms with E-state index in [1.807, 2.05) is 0 Å². The third-order valence-electron chi connectivity index (χ3n) is 3.44. The number of nitrogens with zero attached hydrogens (tertiary/aromatic N) is 2. The molecule has 0 saturated heterocycles. The molecule has 1 aliphatic carbocycles. The summed E-state index contributed by atoms with van der Waals surface area (Å²) in [5, 5.41) is 23.8. The van der Waals surface area contributed by atoms with Crippen molar-refractivity contribution in [2.45, 2.75) is 32.2 Å². The van der Waals surface area contributed by atoms with Crippen LogP contribution in [-0.4, -0.2) is 32.3 Å². The number of aliphatic hydroxyl groups excluding tert-OH is 2. The summed E-state index contributed by atoms with van der Waals surface area (Å²) in [4.78, 5) is 21.0. The standard InChI is InChI=1S/C13H14FN3O3S2/c14-7-1-6(2-7)12(20)17-13-16-9(5-21-13)11-8(3-18)15-10(4-19)22-11/h5-7,18-19H,1-4H2,(H,16,17,20). The Kier molecular flexibility index (Phi) is 4.48. The molecule has 2 heterocycles. The second kappa shape index (κ2) is 6.37. The lowest BCUT2D eigenvalue weighted by atomic mass is 9.83. The van der Waals surface area contributed by atoms with Gasteiger partial charge in [0.25, 0.3) is 0 Å². The van der Waals surface area contributed by atoms with Crippen molar-refractivity contribution >= 4 is 33.7 Å². The second-order valence-electron chi connectivity index (χ2n) is 4.99. The molecule has 0 aliphatic heterocycles. The highest BCUT2D eigenvalue weighted by molar-refractivity contribution is 7.17. The summed E-state index contributed by atoms with van der Waals surface area (Å²) in [6.45, 7) is -0.442. The number of aliphatic hydroxyl groups is 2. The highest BCUT2D eigenvalue weighted by atomic mass is 32.1. The predicted molar refractivity (Wildman–Crippen MR) is 81.3 cm³/mol. The van der Waals surface area contributed by atoms with Gasteiger partial charge in [0.05, 0.1) is 29.5 Å². The number of hydrogen-bond donors (Lipinski definition) is 3. The van der Waals surface area contributed by atoms with Crippen molar-refractivity contribution in [2.75, 3.05) is 5.32 Å². The van der Waals surface area contributed by atoms with Crippen LogP contribution in [0.2, 0.25) is 0 Å². The van der Waals surface area contributed by atoms with Gasteiger partial charge in [-0.1, -0.05) is 0 Å². The molecule has 0 bridgehead atoms. The molecule has 0 spiro atoms. The van der Waals surface area contributed by atoms with Gasteiger partial charge in [0.1, 0.15) is 11.2 Å². The fourth-order valence-corrected chi connectivity index (χ4v) is 3.85. The summed E-state index contributed by atoms with van der Waals surface area (Å²) in [5.41, 5.74) is 1.05. The molecule has 0 atom stereocenters. The fourth-order valence-electron chi connectivity index (χ4n) is 2.18. The van der Waals surface area contributed by atoms with Crippen LogP contribution in [0, 0.1) is 5.92 Å². The van der Waals surface area contributed by atoms with E-state index >= 15 is 0 Å². The number of nitrogens with one attached hydrogen (secondary N) is 1. The SMILES string of the molecule is O=C(Nc1nc(-c2sc(CO)nc2CO)cs1)C1CC(F)C1. The highest BCUT2D eigenvalue weighted by Crippen LogP contribution is 2.34. The lowest BCUT2D eigenvalue weighted by Gasteiger charge is -2.27. The maximum absolute atomic E-state index is 12.8. The molecule has 118 valence electrons. The predicted octanol–water partition coefficient (Wildman–Crippen LogP) is 1.94. The number of carbonyl (C=O) groups is 1. The molecule has 1 aliphatic rings. The van der Waals surface area contributed by atoms with E-state index in [0.29, 0.717) is 26.4 Å². The van der Waals surface area contributed by atoms with Crippen molar-refractivity contribution in [3.63, 3.8) is 0 Å². The number of anilines is 1. The van der Waals surface area contributed by atoms with E-state index in [2.05, 4.69) is 15.3 Å². The molecule has 1 saturated carbocycles. The van der Waals surface area contributed by atoms with Crippen LogP contribution in [0.15, 0.2) is 5.38 Å². The van der Waals surface area contributed by atoms with E-state index in [1.165, 1.54) is 22.7 Å². The van der Waals surface area contributed by atoms with Crippen molar-refractivity contribution in [1.82, 2.24) is 9.97 Å². The van der Waals surface area contributed by atoms with Crippen LogP contribution in [0.4, 0.5) is 9.52 Å². The van der Waals surface area contributed by atoms with Gasteiger partial charge in [-0.15, -0.1) is 22.7 Å². The monoisotopic (exact) mass is 343 g/mol. The first-order chi connectivity index (χ1) is 10.6. The first-order valence-electron chi connectivity index (χ1n) is 6.71. The van der Waals surface area contributed by atoms with Crippen LogP contribution in [0.1, 0.15) is 23.5 Å². The van der Waals surface area contributed by atoms with Gasteiger partial charge in [-0.3, -0.25) is 4.79 Å². The Morgan fingerprint density at radius 2 is 2.14 bits per heavy atom. The van der Waals surface area contributed by atoms with Crippen molar-refractivity contribution in [3.05, 3.63) is 16.1 Å². The van der Waals surface area contributed by atoms with Gasteiger partial charge in [-0.2, -0.15) is 0 Å². The zero-order valence-electron chi connectivity index (χ0n) is 11.5. The largest absolute Gasteiger partial charge is 0.390 e. The minimum Gasteiger partial charge on any atom is -0.390 e. The lowest BCUT2D eigenvalue weighted by Crippen LogP contribution is -2.35. The first-order valence-corrected chi connectivity index (χ1v) is 8.41. The third-order valence-corrected chi connectivity index (χ3v) is 5.31. The van der Waals surface area contributed by atoms with E-state index in [1.54, 1.807) is 5.38 Å². The Morgan fingerprint density at radius 3 is 2.77 bits per heavy atom. The molecule has 3 N–H and O–H groups in total. The van der Waals surface area contributed by atoms with Crippen LogP contribution in [-0.2, 0) is 18.0 Å². The number of carbonyl (C=O) groups excluding carboxylic acids is 1. The first kappa shape index (κ1) is 15.5. The molecule has 0 radical (unpaired) electrons. The Hall–Kier alpha value is -1.42. The molecule has 3 rings (SSSR count). The van der Waals surface area contributed by atoms with Gasteiger partial charge < -0.3 is 15.5 Å². The quantitative estimate of drug-likeness (QED) is 0.771. The maximum atomic E-state index is 12.8. The Balaban J connectivity index is 1.73. The minimum atomic E-state index is -0.871. The molecule has 0 unspecified atom stereocenters. The van der Waals surface area contributed by atoms with Gasteiger partial charge in [0.15, 0.2) is 5.13 Å². The number of rotatable bonds is 5. The summed E-state index contributed by atoms with van der Waals surface area (Å²) < 4.78 is 12.8. The van der Waals surface area contributed by atoms with Gasteiger partial charge >= 0.3 is 0 Å². The molecular formula is C13H14FN3O3S2.